The van der Waals surface area contributed by atoms with Gasteiger partial charge in [-0.25, -0.2) is 8.78 Å². The molecule has 98 valence electrons. The summed E-state index contributed by atoms with van der Waals surface area (Å²) in [6.45, 7) is 0. The highest BCUT2D eigenvalue weighted by Gasteiger charge is 2.13. The molecule has 0 heterocycles. The maximum atomic E-state index is 13.7. The number of ether oxygens (including phenoxy) is 1. The van der Waals surface area contributed by atoms with Gasteiger partial charge in [-0.15, -0.1) is 0 Å². The first-order valence-corrected chi connectivity index (χ1v) is 6.22. The molecule has 5 heteroatoms. The molecule has 0 bridgehead atoms. The molecule has 0 saturated heterocycles. The van der Waals surface area contributed by atoms with Gasteiger partial charge in [0, 0.05) is 10.5 Å². The molecule has 19 heavy (non-hydrogen) atoms. The Hall–Kier alpha value is -1.88. The number of benzene rings is 2. The summed E-state index contributed by atoms with van der Waals surface area (Å²) in [6.07, 6.45) is 0.409. The highest BCUT2D eigenvalue weighted by Crippen LogP contribution is 2.34. The van der Waals surface area contributed by atoms with Gasteiger partial charge < -0.3 is 4.74 Å². The predicted octanol–water partition coefficient (Wildman–Crippen LogP) is 3.94. The van der Waals surface area contributed by atoms with Crippen LogP contribution in [0.5, 0.6) is 5.75 Å². The van der Waals surface area contributed by atoms with E-state index in [1.54, 1.807) is 24.3 Å². The summed E-state index contributed by atoms with van der Waals surface area (Å²) < 4.78 is 32.5. The lowest BCUT2D eigenvalue weighted by Crippen LogP contribution is -1.92. The van der Waals surface area contributed by atoms with E-state index in [1.807, 2.05) is 0 Å². The standard InChI is InChI=1S/C14H10F2O2S/c1-18-10-3-2-4-11(7-10)19-14-12(15)5-9(8-17)6-13(14)16/h2-8H,1H3. The van der Waals surface area contributed by atoms with Crippen LogP contribution in [0.15, 0.2) is 46.2 Å². The van der Waals surface area contributed by atoms with Gasteiger partial charge in [-0.1, -0.05) is 17.8 Å². The Bertz CT molecular complexity index is 591. The van der Waals surface area contributed by atoms with Gasteiger partial charge in [0.25, 0.3) is 0 Å². The molecular weight excluding hydrogens is 270 g/mol. The average Bonchev–Trinajstić information content (AvgIpc) is 2.42. The fourth-order valence-electron chi connectivity index (χ4n) is 1.53. The monoisotopic (exact) mass is 280 g/mol. The van der Waals surface area contributed by atoms with Gasteiger partial charge in [-0.05, 0) is 30.3 Å². The molecule has 0 aliphatic heterocycles. The van der Waals surface area contributed by atoms with Crippen LogP contribution in [-0.2, 0) is 0 Å². The van der Waals surface area contributed by atoms with Crippen LogP contribution in [0.25, 0.3) is 0 Å². The van der Waals surface area contributed by atoms with Crippen LogP contribution in [-0.4, -0.2) is 13.4 Å². The zero-order chi connectivity index (χ0) is 13.8. The van der Waals surface area contributed by atoms with Gasteiger partial charge in [0.2, 0.25) is 0 Å². The predicted molar refractivity (Wildman–Crippen MR) is 68.9 cm³/mol. The fourth-order valence-corrected chi connectivity index (χ4v) is 2.40. The fraction of sp³-hybridized carbons (Fsp3) is 0.0714. The molecule has 0 unspecified atom stereocenters. The largest absolute Gasteiger partial charge is 0.497 e. The molecule has 0 fully saturated rings. The van der Waals surface area contributed by atoms with Crippen LogP contribution in [0.3, 0.4) is 0 Å². The van der Waals surface area contributed by atoms with Crippen molar-refractivity contribution in [2.45, 2.75) is 9.79 Å². The second-order valence-electron chi connectivity index (χ2n) is 3.71. The van der Waals surface area contributed by atoms with E-state index >= 15 is 0 Å². The Morgan fingerprint density at radius 2 is 1.84 bits per heavy atom. The summed E-state index contributed by atoms with van der Waals surface area (Å²) in [7, 11) is 1.52. The lowest BCUT2D eigenvalue weighted by molar-refractivity contribution is 0.112. The summed E-state index contributed by atoms with van der Waals surface area (Å²) in [5, 5.41) is 0. The van der Waals surface area contributed by atoms with Gasteiger partial charge in [-0.2, -0.15) is 0 Å². The van der Waals surface area contributed by atoms with Crippen molar-refractivity contribution < 1.29 is 18.3 Å². The third-order valence-electron chi connectivity index (χ3n) is 2.42. The second-order valence-corrected chi connectivity index (χ2v) is 4.80. The van der Waals surface area contributed by atoms with Gasteiger partial charge >= 0.3 is 0 Å². The summed E-state index contributed by atoms with van der Waals surface area (Å²) in [5.41, 5.74) is -0.0232. The van der Waals surface area contributed by atoms with Crippen LogP contribution in [0.2, 0.25) is 0 Å². The number of aldehydes is 1. The Morgan fingerprint density at radius 1 is 1.16 bits per heavy atom. The van der Waals surface area contributed by atoms with E-state index < -0.39 is 11.6 Å². The summed E-state index contributed by atoms with van der Waals surface area (Å²) in [4.78, 5) is 11.0. The molecule has 0 aliphatic rings. The Kier molecular flexibility index (Phi) is 4.16. The normalized spacial score (nSPS) is 10.3. The maximum absolute atomic E-state index is 13.7. The molecule has 0 aromatic heterocycles. The van der Waals surface area contributed by atoms with Gasteiger partial charge in [0.05, 0.1) is 12.0 Å². The molecule has 0 saturated carbocycles. The molecule has 2 aromatic rings. The molecule has 0 amide bonds. The maximum Gasteiger partial charge on any atom is 0.150 e. The Morgan fingerprint density at radius 3 is 2.42 bits per heavy atom. The number of carbonyl (C=O) groups excluding carboxylic acids is 1. The van der Waals surface area contributed by atoms with Crippen molar-refractivity contribution in [1.29, 1.82) is 0 Å². The number of halogens is 2. The van der Waals surface area contributed by atoms with Crippen molar-refractivity contribution in [2.75, 3.05) is 7.11 Å². The first-order valence-electron chi connectivity index (χ1n) is 5.40. The van der Waals surface area contributed by atoms with Crippen molar-refractivity contribution in [3.05, 3.63) is 53.6 Å². The van der Waals surface area contributed by atoms with Crippen LogP contribution >= 0.6 is 11.8 Å². The van der Waals surface area contributed by atoms with Crippen LogP contribution in [0, 0.1) is 11.6 Å². The van der Waals surface area contributed by atoms with E-state index in [2.05, 4.69) is 0 Å². The third kappa shape index (κ3) is 3.12. The van der Waals surface area contributed by atoms with E-state index in [0.717, 1.165) is 23.9 Å². The quantitative estimate of drug-likeness (QED) is 0.794. The number of carbonyl (C=O) groups is 1. The van der Waals surface area contributed by atoms with Crippen LogP contribution < -0.4 is 4.74 Å². The SMILES string of the molecule is COc1cccc(Sc2c(F)cc(C=O)cc2F)c1. The number of hydrogen-bond acceptors (Lipinski definition) is 3. The minimum absolute atomic E-state index is 0.0232. The van der Waals surface area contributed by atoms with E-state index in [1.165, 1.54) is 7.11 Å². The van der Waals surface area contributed by atoms with Crippen LogP contribution in [0.4, 0.5) is 8.78 Å². The van der Waals surface area contributed by atoms with Gasteiger partial charge in [0.1, 0.15) is 23.7 Å². The van der Waals surface area contributed by atoms with Crippen LogP contribution in [0.1, 0.15) is 10.4 Å². The van der Waals surface area contributed by atoms with E-state index in [0.29, 0.717) is 16.9 Å². The number of hydrogen-bond donors (Lipinski definition) is 0. The molecule has 0 N–H and O–H groups in total. The molecule has 2 rings (SSSR count). The number of rotatable bonds is 4. The average molecular weight is 280 g/mol. The molecule has 0 aliphatic carbocycles. The van der Waals surface area contributed by atoms with Gasteiger partial charge in [-0.3, -0.25) is 4.79 Å². The smallest absolute Gasteiger partial charge is 0.150 e. The van der Waals surface area contributed by atoms with E-state index in [-0.39, 0.29) is 10.5 Å². The van der Waals surface area contributed by atoms with Crippen molar-refractivity contribution in [3.63, 3.8) is 0 Å². The molecule has 2 nitrogen and oxygen atoms in total. The Balaban J connectivity index is 2.35. The topological polar surface area (TPSA) is 26.3 Å². The summed E-state index contributed by atoms with van der Waals surface area (Å²) in [6, 6.07) is 8.90. The van der Waals surface area contributed by atoms with Gasteiger partial charge in [0.15, 0.2) is 0 Å². The van der Waals surface area contributed by atoms with Crippen molar-refractivity contribution in [1.82, 2.24) is 0 Å². The van der Waals surface area contributed by atoms with E-state index in [4.69, 9.17) is 4.74 Å². The molecule has 0 radical (unpaired) electrons. The summed E-state index contributed by atoms with van der Waals surface area (Å²) in [5.74, 6) is -0.903. The van der Waals surface area contributed by atoms with Crippen molar-refractivity contribution in [3.8, 4) is 5.75 Å². The zero-order valence-corrected chi connectivity index (χ0v) is 10.8. The van der Waals surface area contributed by atoms with E-state index in [9.17, 15) is 13.6 Å². The minimum atomic E-state index is -0.755. The highest BCUT2D eigenvalue weighted by atomic mass is 32.2. The lowest BCUT2D eigenvalue weighted by Gasteiger charge is -2.07. The molecular formula is C14H10F2O2S. The first-order chi connectivity index (χ1) is 9.13. The van der Waals surface area contributed by atoms with Crippen molar-refractivity contribution in [2.24, 2.45) is 0 Å². The first kappa shape index (κ1) is 13.5. The molecule has 0 atom stereocenters. The minimum Gasteiger partial charge on any atom is -0.497 e. The lowest BCUT2D eigenvalue weighted by atomic mass is 10.2. The zero-order valence-electron chi connectivity index (χ0n) is 10.0. The highest BCUT2D eigenvalue weighted by molar-refractivity contribution is 7.99. The molecule has 0 spiro atoms. The molecule has 2 aromatic carbocycles. The summed E-state index contributed by atoms with van der Waals surface area (Å²) >= 11 is 0.944. The third-order valence-corrected chi connectivity index (χ3v) is 3.50. The number of methoxy groups -OCH3 is 1. The van der Waals surface area contributed by atoms with Crippen molar-refractivity contribution >= 4 is 18.0 Å². The second kappa shape index (κ2) is 5.84. The Labute approximate surface area is 113 Å².